The standard InChI is InChI=1S/C22H22N2O3/c23-14-19(22(25)24-15-21-10-5-11-26-21)12-18-8-4-9-20(13-18)27-16-17-6-2-1-3-7-17/h1-4,6-9,12-13,21H,5,10-11,15-16H2,(H,24,25)/b19-12+/t21-/m0/s1. The molecule has 0 aromatic heterocycles. The zero-order valence-electron chi connectivity index (χ0n) is 15.1. The third kappa shape index (κ3) is 5.70. The van der Waals surface area contributed by atoms with Crippen molar-refractivity contribution in [2.75, 3.05) is 13.2 Å². The molecule has 0 aliphatic carbocycles. The minimum absolute atomic E-state index is 0.0450. The molecule has 27 heavy (non-hydrogen) atoms. The van der Waals surface area contributed by atoms with Gasteiger partial charge in [0.15, 0.2) is 0 Å². The van der Waals surface area contributed by atoms with E-state index in [0.717, 1.165) is 30.6 Å². The van der Waals surface area contributed by atoms with Crippen LogP contribution in [-0.4, -0.2) is 25.2 Å². The molecule has 1 atom stereocenters. The summed E-state index contributed by atoms with van der Waals surface area (Å²) in [6.45, 7) is 1.62. The molecular formula is C22H22N2O3. The number of rotatable bonds is 7. The van der Waals surface area contributed by atoms with E-state index in [9.17, 15) is 10.1 Å². The summed E-state index contributed by atoms with van der Waals surface area (Å²) in [5.41, 5.74) is 1.88. The van der Waals surface area contributed by atoms with E-state index in [-0.39, 0.29) is 17.6 Å². The second-order valence-corrected chi connectivity index (χ2v) is 6.36. The lowest BCUT2D eigenvalue weighted by atomic mass is 10.1. The second-order valence-electron chi connectivity index (χ2n) is 6.36. The van der Waals surface area contributed by atoms with Gasteiger partial charge in [0.1, 0.15) is 24.0 Å². The quantitative estimate of drug-likeness (QED) is 0.605. The summed E-state index contributed by atoms with van der Waals surface area (Å²) < 4.78 is 11.3. The predicted molar refractivity (Wildman–Crippen MR) is 103 cm³/mol. The predicted octanol–water partition coefficient (Wildman–Crippen LogP) is 3.47. The highest BCUT2D eigenvalue weighted by atomic mass is 16.5. The molecule has 3 rings (SSSR count). The fraction of sp³-hybridized carbons (Fsp3) is 0.273. The molecule has 1 N–H and O–H groups in total. The van der Waals surface area contributed by atoms with Crippen LogP contribution in [0.2, 0.25) is 0 Å². The van der Waals surface area contributed by atoms with Crippen molar-refractivity contribution in [2.24, 2.45) is 0 Å². The number of nitriles is 1. The van der Waals surface area contributed by atoms with E-state index in [1.807, 2.05) is 60.7 Å². The Morgan fingerprint density at radius 2 is 2.11 bits per heavy atom. The molecule has 0 unspecified atom stereocenters. The van der Waals surface area contributed by atoms with Crippen molar-refractivity contribution in [2.45, 2.75) is 25.6 Å². The maximum atomic E-state index is 12.2. The summed E-state index contributed by atoms with van der Waals surface area (Å²) >= 11 is 0. The van der Waals surface area contributed by atoms with E-state index in [0.29, 0.717) is 18.9 Å². The molecule has 1 aliphatic heterocycles. The third-order valence-electron chi connectivity index (χ3n) is 4.30. The molecule has 0 spiro atoms. The molecule has 5 heteroatoms. The van der Waals surface area contributed by atoms with Gasteiger partial charge >= 0.3 is 0 Å². The van der Waals surface area contributed by atoms with Gasteiger partial charge in [-0.2, -0.15) is 5.26 Å². The first-order chi connectivity index (χ1) is 13.2. The fourth-order valence-electron chi connectivity index (χ4n) is 2.86. The van der Waals surface area contributed by atoms with Crippen LogP contribution in [0.15, 0.2) is 60.2 Å². The van der Waals surface area contributed by atoms with Crippen molar-refractivity contribution < 1.29 is 14.3 Å². The maximum Gasteiger partial charge on any atom is 0.262 e. The Morgan fingerprint density at radius 1 is 1.26 bits per heavy atom. The Morgan fingerprint density at radius 3 is 2.85 bits per heavy atom. The molecule has 0 radical (unpaired) electrons. The first-order valence-electron chi connectivity index (χ1n) is 9.03. The lowest BCUT2D eigenvalue weighted by molar-refractivity contribution is -0.117. The molecule has 0 saturated carbocycles. The summed E-state index contributed by atoms with van der Waals surface area (Å²) in [5, 5.41) is 12.1. The van der Waals surface area contributed by atoms with E-state index >= 15 is 0 Å². The molecule has 1 saturated heterocycles. The van der Waals surface area contributed by atoms with Crippen LogP contribution in [0.3, 0.4) is 0 Å². The highest BCUT2D eigenvalue weighted by Crippen LogP contribution is 2.18. The van der Waals surface area contributed by atoms with Gasteiger partial charge in [-0.15, -0.1) is 0 Å². The number of nitrogens with one attached hydrogen (secondary N) is 1. The number of hydrogen-bond acceptors (Lipinski definition) is 4. The number of carbonyl (C=O) groups excluding carboxylic acids is 1. The van der Waals surface area contributed by atoms with Crippen LogP contribution < -0.4 is 10.1 Å². The number of ether oxygens (including phenoxy) is 2. The van der Waals surface area contributed by atoms with Crippen LogP contribution in [-0.2, 0) is 16.1 Å². The van der Waals surface area contributed by atoms with Crippen LogP contribution in [0, 0.1) is 11.3 Å². The molecule has 5 nitrogen and oxygen atoms in total. The van der Waals surface area contributed by atoms with Gasteiger partial charge in [0.25, 0.3) is 5.91 Å². The summed E-state index contributed by atoms with van der Waals surface area (Å²) in [4.78, 5) is 12.2. The summed E-state index contributed by atoms with van der Waals surface area (Å²) in [5.74, 6) is 0.299. The topological polar surface area (TPSA) is 71.3 Å². The largest absolute Gasteiger partial charge is 0.489 e. The van der Waals surface area contributed by atoms with E-state index in [1.54, 1.807) is 6.08 Å². The maximum absolute atomic E-state index is 12.2. The molecule has 1 fully saturated rings. The van der Waals surface area contributed by atoms with Gasteiger partial charge in [-0.1, -0.05) is 42.5 Å². The molecule has 1 heterocycles. The monoisotopic (exact) mass is 362 g/mol. The molecule has 138 valence electrons. The van der Waals surface area contributed by atoms with Gasteiger partial charge in [-0.25, -0.2) is 0 Å². The molecule has 2 aromatic carbocycles. The van der Waals surface area contributed by atoms with Crippen LogP contribution in [0.25, 0.3) is 6.08 Å². The van der Waals surface area contributed by atoms with Gasteiger partial charge < -0.3 is 14.8 Å². The zero-order chi connectivity index (χ0) is 18.9. The smallest absolute Gasteiger partial charge is 0.262 e. The highest BCUT2D eigenvalue weighted by Gasteiger charge is 2.17. The lowest BCUT2D eigenvalue weighted by Crippen LogP contribution is -2.32. The average molecular weight is 362 g/mol. The Balaban J connectivity index is 1.61. The summed E-state index contributed by atoms with van der Waals surface area (Å²) in [7, 11) is 0. The molecule has 1 amide bonds. The number of hydrogen-bond donors (Lipinski definition) is 1. The average Bonchev–Trinajstić information content (AvgIpc) is 3.23. The Bertz CT molecular complexity index is 834. The SMILES string of the molecule is N#C/C(=C\c1cccc(OCc2ccccc2)c1)C(=O)NC[C@@H]1CCCO1. The van der Waals surface area contributed by atoms with Crippen molar-refractivity contribution in [1.82, 2.24) is 5.32 Å². The van der Waals surface area contributed by atoms with Gasteiger partial charge in [-0.3, -0.25) is 4.79 Å². The van der Waals surface area contributed by atoms with E-state index < -0.39 is 0 Å². The van der Waals surface area contributed by atoms with E-state index in [2.05, 4.69) is 5.32 Å². The van der Waals surface area contributed by atoms with Gasteiger partial charge in [0.05, 0.1) is 6.10 Å². The Hall–Kier alpha value is -3.10. The number of carbonyl (C=O) groups is 1. The van der Waals surface area contributed by atoms with Crippen LogP contribution in [0.4, 0.5) is 0 Å². The first-order valence-corrected chi connectivity index (χ1v) is 9.03. The van der Waals surface area contributed by atoms with Gasteiger partial charge in [0.2, 0.25) is 0 Å². The van der Waals surface area contributed by atoms with E-state index in [4.69, 9.17) is 9.47 Å². The normalized spacial score (nSPS) is 16.6. The first kappa shape index (κ1) is 18.7. The van der Waals surface area contributed by atoms with Gasteiger partial charge in [-0.05, 0) is 42.2 Å². The summed E-state index contributed by atoms with van der Waals surface area (Å²) in [6, 6.07) is 19.2. The third-order valence-corrected chi connectivity index (χ3v) is 4.30. The molecule has 1 aliphatic rings. The minimum atomic E-state index is -0.386. The number of benzene rings is 2. The number of nitrogens with zero attached hydrogens (tertiary/aromatic N) is 1. The Kier molecular flexibility index (Phi) is 6.61. The Labute approximate surface area is 159 Å². The van der Waals surface area contributed by atoms with E-state index in [1.165, 1.54) is 0 Å². The van der Waals surface area contributed by atoms with Gasteiger partial charge in [0, 0.05) is 13.2 Å². The highest BCUT2D eigenvalue weighted by molar-refractivity contribution is 6.01. The minimum Gasteiger partial charge on any atom is -0.489 e. The van der Waals surface area contributed by atoms with Crippen molar-refractivity contribution >= 4 is 12.0 Å². The second kappa shape index (κ2) is 9.56. The van der Waals surface area contributed by atoms with Crippen molar-refractivity contribution in [3.8, 4) is 11.8 Å². The zero-order valence-corrected chi connectivity index (χ0v) is 15.1. The number of amides is 1. The van der Waals surface area contributed by atoms with Crippen molar-refractivity contribution in [3.63, 3.8) is 0 Å². The summed E-state index contributed by atoms with van der Waals surface area (Å²) in [6.07, 6.45) is 3.56. The molecule has 0 bridgehead atoms. The molecular weight excluding hydrogens is 340 g/mol. The van der Waals surface area contributed by atoms with Crippen molar-refractivity contribution in [3.05, 3.63) is 71.3 Å². The van der Waals surface area contributed by atoms with Crippen LogP contribution >= 0.6 is 0 Å². The fourth-order valence-corrected chi connectivity index (χ4v) is 2.86. The van der Waals surface area contributed by atoms with Crippen LogP contribution in [0.5, 0.6) is 5.75 Å². The van der Waals surface area contributed by atoms with Crippen molar-refractivity contribution in [1.29, 1.82) is 5.26 Å². The molecule has 2 aromatic rings. The van der Waals surface area contributed by atoms with Crippen LogP contribution in [0.1, 0.15) is 24.0 Å². The lowest BCUT2D eigenvalue weighted by Gasteiger charge is -2.10.